The summed E-state index contributed by atoms with van der Waals surface area (Å²) in [6.45, 7) is 6.42. The number of rotatable bonds is 6. The Balaban J connectivity index is 1.73. The number of carbonyl (C=O) groups is 1. The van der Waals surface area contributed by atoms with Crippen LogP contribution in [-0.4, -0.2) is 48.6 Å². The van der Waals surface area contributed by atoms with Crippen LogP contribution in [0.2, 0.25) is 0 Å². The fraction of sp³-hybridized carbons (Fsp3) is 0.500. The quantitative estimate of drug-likeness (QED) is 0.776. The molecule has 0 unspecified atom stereocenters. The molecular formula is C20H28N4O4S. The number of sulfonamides is 1. The van der Waals surface area contributed by atoms with Crippen LogP contribution < -0.4 is 10.1 Å². The molecule has 0 aliphatic carbocycles. The molecule has 2 aromatic rings. The van der Waals surface area contributed by atoms with Crippen LogP contribution >= 0.6 is 0 Å². The summed E-state index contributed by atoms with van der Waals surface area (Å²) >= 11 is 0. The first-order chi connectivity index (χ1) is 13.7. The first-order valence-electron chi connectivity index (χ1n) is 9.73. The predicted octanol–water partition coefficient (Wildman–Crippen LogP) is 2.82. The van der Waals surface area contributed by atoms with Crippen LogP contribution in [0.5, 0.6) is 5.75 Å². The summed E-state index contributed by atoms with van der Waals surface area (Å²) in [4.78, 5) is 13.1. The number of ether oxygens (including phenoxy) is 1. The van der Waals surface area contributed by atoms with Gasteiger partial charge in [0.1, 0.15) is 11.6 Å². The molecular weight excluding hydrogens is 392 g/mol. The second kappa shape index (κ2) is 8.54. The van der Waals surface area contributed by atoms with Crippen molar-refractivity contribution in [1.82, 2.24) is 14.1 Å². The average Bonchev–Trinajstić information content (AvgIpc) is 3.08. The fourth-order valence-electron chi connectivity index (χ4n) is 3.50. The molecule has 1 aliphatic heterocycles. The highest BCUT2D eigenvalue weighted by Crippen LogP contribution is 2.26. The van der Waals surface area contributed by atoms with Crippen molar-refractivity contribution in [2.24, 2.45) is 5.92 Å². The molecule has 0 bridgehead atoms. The molecule has 1 N–H and O–H groups in total. The van der Waals surface area contributed by atoms with Crippen molar-refractivity contribution in [3.05, 3.63) is 36.0 Å². The summed E-state index contributed by atoms with van der Waals surface area (Å²) < 4.78 is 34.3. The number of nitrogens with one attached hydrogen (secondary N) is 1. The van der Waals surface area contributed by atoms with Gasteiger partial charge in [-0.15, -0.1) is 0 Å². The van der Waals surface area contributed by atoms with E-state index in [2.05, 4.69) is 10.4 Å². The second-order valence-corrected chi connectivity index (χ2v) is 9.51. The molecule has 1 aromatic heterocycles. The Labute approximate surface area is 171 Å². The SMILES string of the molecule is COc1ccc(S(=O)(=O)N2CCC[C@@H](C(=O)Nc3cc(C)nn3C(C)C)C2)cc1. The van der Waals surface area contributed by atoms with E-state index in [4.69, 9.17) is 4.74 Å². The number of methoxy groups -OCH3 is 1. The summed E-state index contributed by atoms with van der Waals surface area (Å²) in [5.74, 6) is 0.642. The summed E-state index contributed by atoms with van der Waals surface area (Å²) in [5.41, 5.74) is 0.821. The molecule has 1 amide bonds. The maximum Gasteiger partial charge on any atom is 0.243 e. The molecule has 1 atom stereocenters. The van der Waals surface area contributed by atoms with Gasteiger partial charge in [-0.25, -0.2) is 13.1 Å². The Morgan fingerprint density at radius 2 is 1.97 bits per heavy atom. The first-order valence-corrected chi connectivity index (χ1v) is 11.2. The van der Waals surface area contributed by atoms with Gasteiger partial charge < -0.3 is 10.1 Å². The number of carbonyl (C=O) groups excluding carboxylic acids is 1. The number of amides is 1. The Morgan fingerprint density at radius 3 is 2.59 bits per heavy atom. The number of hydrogen-bond donors (Lipinski definition) is 1. The minimum Gasteiger partial charge on any atom is -0.497 e. The molecule has 1 saturated heterocycles. The third-order valence-corrected chi connectivity index (χ3v) is 6.93. The molecule has 9 heteroatoms. The van der Waals surface area contributed by atoms with Gasteiger partial charge in [-0.1, -0.05) is 0 Å². The van der Waals surface area contributed by atoms with Gasteiger partial charge in [0.2, 0.25) is 15.9 Å². The van der Waals surface area contributed by atoms with E-state index in [9.17, 15) is 13.2 Å². The van der Waals surface area contributed by atoms with Gasteiger partial charge in [-0.3, -0.25) is 4.79 Å². The van der Waals surface area contributed by atoms with E-state index in [1.54, 1.807) is 16.8 Å². The normalized spacial score (nSPS) is 18.0. The standard InChI is InChI=1S/C20H28N4O4S/c1-14(2)24-19(12-15(3)22-24)21-20(25)16-6-5-11-23(13-16)29(26,27)18-9-7-17(28-4)8-10-18/h7-10,12,14,16H,5-6,11,13H2,1-4H3,(H,21,25)/t16-/m1/s1. The van der Waals surface area contributed by atoms with Crippen LogP contribution in [-0.2, 0) is 14.8 Å². The third kappa shape index (κ3) is 4.62. The lowest BCUT2D eigenvalue weighted by Crippen LogP contribution is -2.43. The van der Waals surface area contributed by atoms with Gasteiger partial charge in [-0.2, -0.15) is 9.40 Å². The van der Waals surface area contributed by atoms with E-state index in [0.717, 1.165) is 5.69 Å². The number of aromatic nitrogens is 2. The summed E-state index contributed by atoms with van der Waals surface area (Å²) in [6.07, 6.45) is 1.28. The minimum atomic E-state index is -3.66. The average molecular weight is 421 g/mol. The zero-order valence-corrected chi connectivity index (χ0v) is 18.1. The highest BCUT2D eigenvalue weighted by atomic mass is 32.2. The van der Waals surface area contributed by atoms with Gasteiger partial charge in [0.05, 0.1) is 23.6 Å². The molecule has 158 valence electrons. The molecule has 1 fully saturated rings. The monoisotopic (exact) mass is 420 g/mol. The van der Waals surface area contributed by atoms with Crippen molar-refractivity contribution in [2.75, 3.05) is 25.5 Å². The van der Waals surface area contributed by atoms with E-state index in [0.29, 0.717) is 31.0 Å². The van der Waals surface area contributed by atoms with Gasteiger partial charge in [-0.05, 0) is 57.9 Å². The van der Waals surface area contributed by atoms with E-state index >= 15 is 0 Å². The van der Waals surface area contributed by atoms with Crippen molar-refractivity contribution >= 4 is 21.7 Å². The molecule has 0 saturated carbocycles. The largest absolute Gasteiger partial charge is 0.497 e. The van der Waals surface area contributed by atoms with Crippen LogP contribution in [0.15, 0.2) is 35.2 Å². The highest BCUT2D eigenvalue weighted by molar-refractivity contribution is 7.89. The van der Waals surface area contributed by atoms with E-state index < -0.39 is 15.9 Å². The summed E-state index contributed by atoms with van der Waals surface area (Å²) in [5, 5.41) is 7.33. The number of hydrogen-bond acceptors (Lipinski definition) is 5. The van der Waals surface area contributed by atoms with Crippen LogP contribution in [0.25, 0.3) is 0 Å². The lowest BCUT2D eigenvalue weighted by molar-refractivity contribution is -0.120. The van der Waals surface area contributed by atoms with Gasteiger partial charge in [0, 0.05) is 25.2 Å². The maximum atomic E-state index is 13.0. The number of piperidine rings is 1. The van der Waals surface area contributed by atoms with Crippen molar-refractivity contribution in [3.63, 3.8) is 0 Å². The highest BCUT2D eigenvalue weighted by Gasteiger charge is 2.33. The number of nitrogens with zero attached hydrogens (tertiary/aromatic N) is 3. The minimum absolute atomic E-state index is 0.109. The molecule has 8 nitrogen and oxygen atoms in total. The zero-order valence-electron chi connectivity index (χ0n) is 17.3. The summed E-state index contributed by atoms with van der Waals surface area (Å²) in [7, 11) is -2.13. The number of anilines is 1. The smallest absolute Gasteiger partial charge is 0.243 e. The van der Waals surface area contributed by atoms with Gasteiger partial charge >= 0.3 is 0 Å². The second-order valence-electron chi connectivity index (χ2n) is 7.58. The fourth-order valence-corrected chi connectivity index (χ4v) is 5.03. The lowest BCUT2D eigenvalue weighted by atomic mass is 9.99. The number of aryl methyl sites for hydroxylation is 1. The van der Waals surface area contributed by atoms with Crippen LogP contribution in [0, 0.1) is 12.8 Å². The van der Waals surface area contributed by atoms with E-state index in [-0.39, 0.29) is 23.4 Å². The van der Waals surface area contributed by atoms with Crippen molar-refractivity contribution in [3.8, 4) is 5.75 Å². The molecule has 1 aromatic carbocycles. The topological polar surface area (TPSA) is 93.5 Å². The van der Waals surface area contributed by atoms with Gasteiger partial charge in [0.15, 0.2) is 0 Å². The molecule has 0 radical (unpaired) electrons. The van der Waals surface area contributed by atoms with Crippen molar-refractivity contribution in [1.29, 1.82) is 0 Å². The molecule has 2 heterocycles. The molecule has 29 heavy (non-hydrogen) atoms. The zero-order chi connectivity index (χ0) is 21.2. The molecule has 3 rings (SSSR count). The Kier molecular flexibility index (Phi) is 6.28. The lowest BCUT2D eigenvalue weighted by Gasteiger charge is -2.31. The van der Waals surface area contributed by atoms with Gasteiger partial charge in [0.25, 0.3) is 0 Å². The third-order valence-electron chi connectivity index (χ3n) is 5.05. The Morgan fingerprint density at radius 1 is 1.28 bits per heavy atom. The maximum absolute atomic E-state index is 13.0. The van der Waals surface area contributed by atoms with Crippen LogP contribution in [0.3, 0.4) is 0 Å². The van der Waals surface area contributed by atoms with Crippen molar-refractivity contribution < 1.29 is 17.9 Å². The number of benzene rings is 1. The van der Waals surface area contributed by atoms with Crippen LogP contribution in [0.1, 0.15) is 38.4 Å². The van der Waals surface area contributed by atoms with E-state index in [1.807, 2.05) is 26.8 Å². The molecule has 0 spiro atoms. The Bertz CT molecular complexity index is 967. The molecule has 1 aliphatic rings. The first kappa shape index (κ1) is 21.3. The van der Waals surface area contributed by atoms with Crippen LogP contribution in [0.4, 0.5) is 5.82 Å². The Hall–Kier alpha value is -2.39. The predicted molar refractivity (Wildman–Crippen MR) is 110 cm³/mol. The summed E-state index contributed by atoms with van der Waals surface area (Å²) in [6, 6.07) is 8.24. The van der Waals surface area contributed by atoms with E-state index in [1.165, 1.54) is 23.5 Å². The van der Waals surface area contributed by atoms with Crippen molar-refractivity contribution in [2.45, 2.75) is 44.6 Å².